The first-order valence-electron chi connectivity index (χ1n) is 13.8. The summed E-state index contributed by atoms with van der Waals surface area (Å²) >= 11 is 0. The predicted octanol–water partition coefficient (Wildman–Crippen LogP) is 2.07. The number of hydrogen-bond donors (Lipinski definition) is 5. The number of para-hydroxylation sites is 1. The Morgan fingerprint density at radius 2 is 2.02 bits per heavy atom. The third-order valence-electron chi connectivity index (χ3n) is 7.41. The monoisotopic (exact) mass is 624 g/mol. The molecule has 1 saturated heterocycles. The molecule has 3 heterocycles. The van der Waals surface area contributed by atoms with E-state index >= 15 is 4.39 Å². The van der Waals surface area contributed by atoms with E-state index in [4.69, 9.17) is 24.3 Å². The number of anilines is 1. The van der Waals surface area contributed by atoms with Crippen molar-refractivity contribution in [2.24, 2.45) is 0 Å². The highest BCUT2D eigenvalue weighted by atomic mass is 31.2. The van der Waals surface area contributed by atoms with Gasteiger partial charge in [-0.25, -0.2) is 13.9 Å². The van der Waals surface area contributed by atoms with Crippen molar-refractivity contribution >= 4 is 30.8 Å². The van der Waals surface area contributed by atoms with Crippen LogP contribution in [0.4, 0.5) is 10.3 Å². The van der Waals surface area contributed by atoms with Gasteiger partial charge in [0.05, 0.1) is 6.33 Å². The SMILES string of the molecule is CC(NP(=O)(OC[C@@]1(F)OC(n2cnc3c(=O)[nH]c(N)nc32)[C@](C)(O)[C@@H]1O)Oc1ccccc1)C(=O)OC1CCCCC1. The van der Waals surface area contributed by atoms with Gasteiger partial charge in [0.2, 0.25) is 5.95 Å². The number of alkyl halides is 1. The number of H-pyrrole nitrogens is 1. The van der Waals surface area contributed by atoms with E-state index < -0.39 is 55.7 Å². The van der Waals surface area contributed by atoms with Gasteiger partial charge in [-0.3, -0.25) is 23.7 Å². The summed E-state index contributed by atoms with van der Waals surface area (Å²) in [4.78, 5) is 35.2. The maximum atomic E-state index is 16.3. The molecule has 15 nitrogen and oxygen atoms in total. The molecule has 6 atom stereocenters. The number of nitrogens with two attached hydrogens (primary N) is 1. The number of halogens is 1. The number of carbonyl (C=O) groups excluding carboxylic acids is 1. The minimum atomic E-state index is -4.56. The molecule has 6 N–H and O–H groups in total. The molecule has 1 aliphatic carbocycles. The average Bonchev–Trinajstić information content (AvgIpc) is 3.46. The molecule has 2 fully saturated rings. The number of ether oxygens (including phenoxy) is 2. The Morgan fingerprint density at radius 1 is 1.33 bits per heavy atom. The second kappa shape index (κ2) is 11.9. The first kappa shape index (κ1) is 31.0. The van der Waals surface area contributed by atoms with E-state index in [2.05, 4.69) is 20.0 Å². The van der Waals surface area contributed by atoms with Crippen LogP contribution in [0.3, 0.4) is 0 Å². The fourth-order valence-corrected chi connectivity index (χ4v) is 6.63. The Balaban J connectivity index is 1.36. The summed E-state index contributed by atoms with van der Waals surface area (Å²) in [7, 11) is -4.56. The molecule has 0 bridgehead atoms. The Kier molecular flexibility index (Phi) is 8.62. The van der Waals surface area contributed by atoms with Crippen LogP contribution in [-0.2, 0) is 23.4 Å². The minimum Gasteiger partial charge on any atom is -0.461 e. The van der Waals surface area contributed by atoms with Crippen molar-refractivity contribution in [2.75, 3.05) is 12.3 Å². The van der Waals surface area contributed by atoms with E-state index in [1.807, 2.05) is 0 Å². The molecular formula is C26H34FN6O9P. The van der Waals surface area contributed by atoms with Gasteiger partial charge >= 0.3 is 13.7 Å². The molecule has 0 radical (unpaired) electrons. The van der Waals surface area contributed by atoms with Crippen LogP contribution >= 0.6 is 7.75 Å². The Bertz CT molecular complexity index is 1560. The molecule has 0 spiro atoms. The first-order valence-corrected chi connectivity index (χ1v) is 15.3. The molecule has 3 aromatic rings. The summed E-state index contributed by atoms with van der Waals surface area (Å²) in [5.74, 6) is -4.05. The summed E-state index contributed by atoms with van der Waals surface area (Å²) in [6.07, 6.45) is 1.21. The highest BCUT2D eigenvalue weighted by Gasteiger charge is 2.64. The van der Waals surface area contributed by atoms with Crippen LogP contribution in [0.25, 0.3) is 11.2 Å². The summed E-state index contributed by atoms with van der Waals surface area (Å²) in [6, 6.07) is 6.65. The smallest absolute Gasteiger partial charge is 0.459 e. The summed E-state index contributed by atoms with van der Waals surface area (Å²) in [5, 5.41) is 24.5. The van der Waals surface area contributed by atoms with Gasteiger partial charge in [-0.2, -0.15) is 10.1 Å². The lowest BCUT2D eigenvalue weighted by Crippen LogP contribution is -2.49. The van der Waals surface area contributed by atoms with Crippen molar-refractivity contribution in [1.29, 1.82) is 0 Å². The Labute approximate surface area is 245 Å². The molecule has 1 saturated carbocycles. The lowest BCUT2D eigenvalue weighted by molar-refractivity contribution is -0.202. The number of esters is 1. The second-order valence-electron chi connectivity index (χ2n) is 10.9. The van der Waals surface area contributed by atoms with Crippen LogP contribution in [0.5, 0.6) is 5.75 Å². The van der Waals surface area contributed by atoms with E-state index in [1.165, 1.54) is 19.1 Å². The Hall–Kier alpha value is -3.40. The van der Waals surface area contributed by atoms with Crippen LogP contribution in [0.15, 0.2) is 41.5 Å². The first-order chi connectivity index (χ1) is 20.3. The van der Waals surface area contributed by atoms with Crippen LogP contribution < -0.4 is 20.9 Å². The van der Waals surface area contributed by atoms with Gasteiger partial charge in [0.25, 0.3) is 11.4 Å². The van der Waals surface area contributed by atoms with E-state index in [0.29, 0.717) is 0 Å². The van der Waals surface area contributed by atoms with Crippen LogP contribution in [0.2, 0.25) is 0 Å². The molecule has 0 amide bonds. The minimum absolute atomic E-state index is 0.0793. The predicted molar refractivity (Wildman–Crippen MR) is 149 cm³/mol. The quantitative estimate of drug-likeness (QED) is 0.162. The number of carbonyl (C=O) groups is 1. The van der Waals surface area contributed by atoms with Gasteiger partial charge in [0, 0.05) is 0 Å². The zero-order valence-corrected chi connectivity index (χ0v) is 24.4. The van der Waals surface area contributed by atoms with Crippen molar-refractivity contribution in [1.82, 2.24) is 24.6 Å². The third kappa shape index (κ3) is 6.44. The van der Waals surface area contributed by atoms with Crippen molar-refractivity contribution in [3.63, 3.8) is 0 Å². The highest BCUT2D eigenvalue weighted by molar-refractivity contribution is 7.52. The maximum Gasteiger partial charge on any atom is 0.459 e. The zero-order chi connectivity index (χ0) is 31.0. The van der Waals surface area contributed by atoms with E-state index in [9.17, 15) is 24.4 Å². The summed E-state index contributed by atoms with van der Waals surface area (Å²) in [6.45, 7) is 1.27. The zero-order valence-electron chi connectivity index (χ0n) is 23.5. The topological polar surface area (TPSA) is 213 Å². The van der Waals surface area contributed by atoms with Crippen LogP contribution in [0.1, 0.15) is 52.2 Å². The molecule has 1 aliphatic heterocycles. The van der Waals surface area contributed by atoms with Gasteiger partial charge in [-0.05, 0) is 51.7 Å². The Morgan fingerprint density at radius 3 is 2.72 bits per heavy atom. The molecule has 5 rings (SSSR count). The van der Waals surface area contributed by atoms with E-state index in [0.717, 1.165) is 49.9 Å². The maximum absolute atomic E-state index is 16.3. The van der Waals surface area contributed by atoms with Gasteiger partial charge in [0.15, 0.2) is 17.4 Å². The molecule has 43 heavy (non-hydrogen) atoms. The largest absolute Gasteiger partial charge is 0.461 e. The number of nitrogens with one attached hydrogen (secondary N) is 2. The van der Waals surface area contributed by atoms with E-state index in [-0.39, 0.29) is 29.0 Å². The van der Waals surface area contributed by atoms with Crippen molar-refractivity contribution in [3.8, 4) is 5.75 Å². The number of nitrogens with zero attached hydrogens (tertiary/aromatic N) is 3. The van der Waals surface area contributed by atoms with Crippen molar-refractivity contribution < 1.29 is 42.5 Å². The molecule has 17 heteroatoms. The van der Waals surface area contributed by atoms with Crippen LogP contribution in [0, 0.1) is 0 Å². The summed E-state index contributed by atoms with van der Waals surface area (Å²) < 4.78 is 53.2. The molecule has 1 aromatic carbocycles. The number of benzene rings is 1. The van der Waals surface area contributed by atoms with Gasteiger partial charge in [0.1, 0.15) is 36.2 Å². The number of hydrogen-bond acceptors (Lipinski definition) is 12. The molecular weight excluding hydrogens is 590 g/mol. The van der Waals surface area contributed by atoms with Gasteiger partial charge < -0.3 is 29.9 Å². The number of nitrogen functional groups attached to an aromatic ring is 1. The average molecular weight is 625 g/mol. The third-order valence-corrected chi connectivity index (χ3v) is 9.04. The normalized spacial score (nSPS) is 28.4. The fourth-order valence-electron chi connectivity index (χ4n) is 5.13. The number of rotatable bonds is 10. The number of aromatic nitrogens is 4. The molecule has 3 unspecified atom stereocenters. The molecule has 2 aromatic heterocycles. The highest BCUT2D eigenvalue weighted by Crippen LogP contribution is 2.50. The van der Waals surface area contributed by atoms with Crippen molar-refractivity contribution in [2.45, 2.75) is 81.9 Å². The summed E-state index contributed by atoms with van der Waals surface area (Å²) in [5.41, 5.74) is 2.30. The van der Waals surface area contributed by atoms with Crippen molar-refractivity contribution in [3.05, 3.63) is 47.0 Å². The number of imidazole rings is 1. The lowest BCUT2D eigenvalue weighted by atomic mass is 9.95. The van der Waals surface area contributed by atoms with Gasteiger partial charge in [-0.15, -0.1) is 0 Å². The standard InChI is InChI=1S/C26H34FN6O9P/c1-15(21(35)40-16-9-5-3-6-10-16)32-43(38,42-17-11-7-4-8-12-17)39-13-26(27)22(36)25(2,37)23(41-26)33-14-29-18-19(33)30-24(28)31-20(18)34/h4,7-8,11-12,14-16,22-23,36-37H,3,5-6,9-10,13H2,1-2H3,(H,32,38)(H3,28,30,31,34)/t15?,22-,23?,25+,26+,43?/m0/s1. The number of aromatic amines is 1. The fraction of sp³-hybridized carbons (Fsp3) is 0.538. The second-order valence-corrected chi connectivity index (χ2v) is 12.6. The number of fused-ring (bicyclic) bond motifs is 1. The lowest BCUT2D eigenvalue weighted by Gasteiger charge is -2.29. The molecule has 2 aliphatic rings. The van der Waals surface area contributed by atoms with E-state index in [1.54, 1.807) is 18.2 Å². The van der Waals surface area contributed by atoms with Gasteiger partial charge in [-0.1, -0.05) is 24.6 Å². The number of aliphatic hydroxyl groups is 2. The number of aliphatic hydroxyl groups excluding tert-OH is 1. The molecule has 234 valence electrons. The van der Waals surface area contributed by atoms with Crippen LogP contribution in [-0.4, -0.2) is 72.0 Å².